The highest BCUT2D eigenvalue weighted by Crippen LogP contribution is 2.29. The summed E-state index contributed by atoms with van der Waals surface area (Å²) in [7, 11) is 5.42. The molecule has 0 aromatic heterocycles. The van der Waals surface area contributed by atoms with Crippen LogP contribution in [0.3, 0.4) is 0 Å². The SMILES string of the molecule is CCCC(OC)C(NC)c1ccccc1OC. The fourth-order valence-electron chi connectivity index (χ4n) is 2.17. The van der Waals surface area contributed by atoms with E-state index in [0.717, 1.165) is 24.2 Å². The van der Waals surface area contributed by atoms with E-state index in [0.29, 0.717) is 0 Å². The Bertz CT molecular complexity index is 328. The van der Waals surface area contributed by atoms with E-state index in [9.17, 15) is 0 Å². The van der Waals surface area contributed by atoms with E-state index in [1.807, 2.05) is 25.2 Å². The van der Waals surface area contributed by atoms with E-state index in [1.54, 1.807) is 14.2 Å². The molecule has 2 atom stereocenters. The van der Waals surface area contributed by atoms with Crippen molar-refractivity contribution in [2.24, 2.45) is 0 Å². The number of likely N-dealkylation sites (N-methyl/N-ethyl adjacent to an activating group) is 1. The van der Waals surface area contributed by atoms with Gasteiger partial charge in [-0.2, -0.15) is 0 Å². The Morgan fingerprint density at radius 2 is 1.94 bits per heavy atom. The van der Waals surface area contributed by atoms with Crippen molar-refractivity contribution >= 4 is 0 Å². The quantitative estimate of drug-likeness (QED) is 0.791. The van der Waals surface area contributed by atoms with Crippen LogP contribution in [0, 0.1) is 0 Å². The topological polar surface area (TPSA) is 30.5 Å². The van der Waals surface area contributed by atoms with Crippen LogP contribution < -0.4 is 10.1 Å². The number of methoxy groups -OCH3 is 2. The molecule has 3 nitrogen and oxygen atoms in total. The molecule has 1 rings (SSSR count). The standard InChI is InChI=1S/C14H23NO2/c1-5-8-13(17-4)14(15-2)11-9-6-7-10-12(11)16-3/h6-7,9-10,13-15H,5,8H2,1-4H3. The maximum atomic E-state index is 5.58. The van der Waals surface area contributed by atoms with Gasteiger partial charge in [-0.25, -0.2) is 0 Å². The highest BCUT2D eigenvalue weighted by atomic mass is 16.5. The van der Waals surface area contributed by atoms with Crippen molar-refractivity contribution in [2.75, 3.05) is 21.3 Å². The molecular formula is C14H23NO2. The highest BCUT2D eigenvalue weighted by molar-refractivity contribution is 5.36. The summed E-state index contributed by atoms with van der Waals surface area (Å²) in [5.74, 6) is 0.907. The molecule has 96 valence electrons. The molecule has 17 heavy (non-hydrogen) atoms. The molecule has 0 saturated heterocycles. The van der Waals surface area contributed by atoms with Crippen molar-refractivity contribution in [1.29, 1.82) is 0 Å². The van der Waals surface area contributed by atoms with E-state index < -0.39 is 0 Å². The fourth-order valence-corrected chi connectivity index (χ4v) is 2.17. The van der Waals surface area contributed by atoms with Crippen LogP contribution in [-0.2, 0) is 4.74 Å². The van der Waals surface area contributed by atoms with Gasteiger partial charge in [-0.15, -0.1) is 0 Å². The van der Waals surface area contributed by atoms with Crippen molar-refractivity contribution in [3.05, 3.63) is 29.8 Å². The highest BCUT2D eigenvalue weighted by Gasteiger charge is 2.23. The van der Waals surface area contributed by atoms with Crippen LogP contribution in [0.4, 0.5) is 0 Å². The zero-order valence-electron chi connectivity index (χ0n) is 11.2. The van der Waals surface area contributed by atoms with Crippen molar-refractivity contribution in [3.8, 4) is 5.75 Å². The zero-order chi connectivity index (χ0) is 12.7. The van der Waals surface area contributed by atoms with Gasteiger partial charge in [0, 0.05) is 12.7 Å². The number of ether oxygens (including phenoxy) is 2. The van der Waals surface area contributed by atoms with Gasteiger partial charge >= 0.3 is 0 Å². The molecule has 2 unspecified atom stereocenters. The lowest BCUT2D eigenvalue weighted by atomic mass is 9.97. The Morgan fingerprint density at radius 3 is 2.47 bits per heavy atom. The minimum atomic E-state index is 0.163. The number of benzene rings is 1. The summed E-state index contributed by atoms with van der Waals surface area (Å²) >= 11 is 0. The Labute approximate surface area is 104 Å². The Morgan fingerprint density at radius 1 is 1.24 bits per heavy atom. The van der Waals surface area contributed by atoms with Crippen LogP contribution in [0.5, 0.6) is 5.75 Å². The van der Waals surface area contributed by atoms with Gasteiger partial charge < -0.3 is 14.8 Å². The predicted molar refractivity (Wildman–Crippen MR) is 70.5 cm³/mol. The number of hydrogen-bond donors (Lipinski definition) is 1. The van der Waals surface area contributed by atoms with Crippen molar-refractivity contribution in [1.82, 2.24) is 5.32 Å². The monoisotopic (exact) mass is 237 g/mol. The normalized spacial score (nSPS) is 14.4. The largest absolute Gasteiger partial charge is 0.496 e. The molecule has 0 aliphatic heterocycles. The first-order chi connectivity index (χ1) is 8.28. The summed E-state index contributed by atoms with van der Waals surface area (Å²) < 4.78 is 11.0. The third kappa shape index (κ3) is 3.45. The van der Waals surface area contributed by atoms with Crippen LogP contribution in [0.2, 0.25) is 0 Å². The van der Waals surface area contributed by atoms with E-state index in [1.165, 1.54) is 0 Å². The number of hydrogen-bond acceptors (Lipinski definition) is 3. The van der Waals surface area contributed by atoms with Gasteiger partial charge in [-0.1, -0.05) is 31.5 Å². The first kappa shape index (κ1) is 14.0. The average molecular weight is 237 g/mol. The van der Waals surface area contributed by atoms with Crippen LogP contribution in [-0.4, -0.2) is 27.4 Å². The van der Waals surface area contributed by atoms with Crippen LogP contribution in [0.25, 0.3) is 0 Å². The second-order valence-corrected chi connectivity index (χ2v) is 4.07. The van der Waals surface area contributed by atoms with Crippen molar-refractivity contribution in [3.63, 3.8) is 0 Å². The van der Waals surface area contributed by atoms with Crippen LogP contribution >= 0.6 is 0 Å². The summed E-state index contributed by atoms with van der Waals surface area (Å²) in [4.78, 5) is 0. The third-order valence-electron chi connectivity index (χ3n) is 3.03. The molecule has 0 aliphatic rings. The lowest BCUT2D eigenvalue weighted by Crippen LogP contribution is -2.31. The molecule has 0 aliphatic carbocycles. The smallest absolute Gasteiger partial charge is 0.123 e. The zero-order valence-corrected chi connectivity index (χ0v) is 11.2. The lowest BCUT2D eigenvalue weighted by molar-refractivity contribution is 0.0622. The molecular weight excluding hydrogens is 214 g/mol. The van der Waals surface area contributed by atoms with Gasteiger partial charge in [0.1, 0.15) is 5.75 Å². The maximum Gasteiger partial charge on any atom is 0.123 e. The van der Waals surface area contributed by atoms with Gasteiger partial charge in [0.2, 0.25) is 0 Å². The molecule has 0 saturated carbocycles. The number of nitrogens with one attached hydrogen (secondary N) is 1. The second-order valence-electron chi connectivity index (χ2n) is 4.07. The summed E-state index contributed by atoms with van der Waals surface area (Å²) in [5.41, 5.74) is 1.15. The lowest BCUT2D eigenvalue weighted by Gasteiger charge is -2.27. The number of rotatable bonds is 7. The minimum absolute atomic E-state index is 0.163. The molecule has 1 aromatic carbocycles. The van der Waals surface area contributed by atoms with Crippen LogP contribution in [0.1, 0.15) is 31.4 Å². The molecule has 1 N–H and O–H groups in total. The second kappa shape index (κ2) is 7.30. The van der Waals surface area contributed by atoms with Crippen molar-refractivity contribution < 1.29 is 9.47 Å². The van der Waals surface area contributed by atoms with Gasteiger partial charge in [-0.3, -0.25) is 0 Å². The number of para-hydroxylation sites is 1. The summed E-state index contributed by atoms with van der Waals surface area (Å²) in [6, 6.07) is 8.24. The molecule has 0 bridgehead atoms. The Balaban J connectivity index is 2.98. The molecule has 0 fully saturated rings. The summed E-state index contributed by atoms with van der Waals surface area (Å²) in [6.07, 6.45) is 2.30. The molecule has 3 heteroatoms. The fraction of sp³-hybridized carbons (Fsp3) is 0.571. The van der Waals surface area contributed by atoms with Gasteiger partial charge in [0.05, 0.1) is 19.3 Å². The Hall–Kier alpha value is -1.06. The van der Waals surface area contributed by atoms with E-state index in [2.05, 4.69) is 18.3 Å². The molecule has 0 heterocycles. The van der Waals surface area contributed by atoms with E-state index in [4.69, 9.17) is 9.47 Å². The third-order valence-corrected chi connectivity index (χ3v) is 3.03. The van der Waals surface area contributed by atoms with Crippen molar-refractivity contribution in [2.45, 2.75) is 31.9 Å². The van der Waals surface area contributed by atoms with Gasteiger partial charge in [0.25, 0.3) is 0 Å². The average Bonchev–Trinajstić information content (AvgIpc) is 2.39. The van der Waals surface area contributed by atoms with Gasteiger partial charge in [-0.05, 0) is 19.5 Å². The minimum Gasteiger partial charge on any atom is -0.496 e. The molecule has 0 radical (unpaired) electrons. The first-order valence-corrected chi connectivity index (χ1v) is 6.11. The Kier molecular flexibility index (Phi) is 6.01. The van der Waals surface area contributed by atoms with E-state index >= 15 is 0 Å². The molecule has 0 spiro atoms. The molecule has 1 aromatic rings. The van der Waals surface area contributed by atoms with Gasteiger partial charge in [0.15, 0.2) is 0 Å². The van der Waals surface area contributed by atoms with Crippen LogP contribution in [0.15, 0.2) is 24.3 Å². The summed E-state index contributed by atoms with van der Waals surface area (Å²) in [5, 5.41) is 3.32. The maximum absolute atomic E-state index is 5.58. The predicted octanol–water partition coefficient (Wildman–Crippen LogP) is 2.77. The molecule has 0 amide bonds. The summed E-state index contributed by atoms with van der Waals surface area (Å²) in [6.45, 7) is 2.17. The van der Waals surface area contributed by atoms with E-state index in [-0.39, 0.29) is 12.1 Å². The first-order valence-electron chi connectivity index (χ1n) is 6.11.